The number of carbonyl (C=O) groups is 1. The summed E-state index contributed by atoms with van der Waals surface area (Å²) in [7, 11) is 1.63. The number of benzene rings is 1. The van der Waals surface area contributed by atoms with Crippen LogP contribution in [0.15, 0.2) is 29.4 Å². The van der Waals surface area contributed by atoms with Gasteiger partial charge < -0.3 is 9.84 Å². The maximum atomic E-state index is 10.5. The van der Waals surface area contributed by atoms with Crippen LogP contribution in [-0.2, 0) is 16.1 Å². The zero-order chi connectivity index (χ0) is 13.7. The Kier molecular flexibility index (Phi) is 4.48. The Labute approximate surface area is 113 Å². The number of carboxylic acids is 1. The van der Waals surface area contributed by atoms with Crippen molar-refractivity contribution in [2.75, 3.05) is 12.9 Å². The highest BCUT2D eigenvalue weighted by Crippen LogP contribution is 2.18. The van der Waals surface area contributed by atoms with Crippen molar-refractivity contribution in [3.8, 4) is 5.69 Å². The Hall–Kier alpha value is -1.93. The molecule has 2 rings (SSSR count). The number of methoxy groups -OCH3 is 1. The van der Waals surface area contributed by atoms with Crippen LogP contribution in [0.5, 0.6) is 0 Å². The fraction of sp³-hybridized carbons (Fsp3) is 0.273. The van der Waals surface area contributed by atoms with Gasteiger partial charge in [0.2, 0.25) is 5.16 Å². The molecule has 2 aromatic rings. The molecule has 1 aromatic carbocycles. The second-order valence-electron chi connectivity index (χ2n) is 3.66. The summed E-state index contributed by atoms with van der Waals surface area (Å²) < 4.78 is 6.53. The number of hydrogen-bond donors (Lipinski definition) is 1. The summed E-state index contributed by atoms with van der Waals surface area (Å²) in [4.78, 5) is 10.5. The molecule has 0 fully saturated rings. The van der Waals surface area contributed by atoms with Gasteiger partial charge in [-0.2, -0.15) is 4.68 Å². The van der Waals surface area contributed by atoms with Crippen LogP contribution in [0.4, 0.5) is 0 Å². The maximum absolute atomic E-state index is 10.5. The summed E-state index contributed by atoms with van der Waals surface area (Å²) >= 11 is 1.07. The van der Waals surface area contributed by atoms with Crippen molar-refractivity contribution in [2.45, 2.75) is 11.8 Å². The van der Waals surface area contributed by atoms with E-state index in [0.29, 0.717) is 11.8 Å². The first-order valence-corrected chi connectivity index (χ1v) is 6.40. The van der Waals surface area contributed by atoms with Gasteiger partial charge in [-0.3, -0.25) is 4.79 Å². The van der Waals surface area contributed by atoms with E-state index in [0.717, 1.165) is 23.0 Å². The van der Waals surface area contributed by atoms with Crippen molar-refractivity contribution in [2.24, 2.45) is 0 Å². The van der Waals surface area contributed by atoms with E-state index in [-0.39, 0.29) is 5.75 Å². The van der Waals surface area contributed by atoms with Crippen LogP contribution in [0.25, 0.3) is 5.69 Å². The molecular formula is C11H12N4O3S. The maximum Gasteiger partial charge on any atom is 0.313 e. The Morgan fingerprint density at radius 3 is 2.79 bits per heavy atom. The Morgan fingerprint density at radius 1 is 1.42 bits per heavy atom. The number of aromatic nitrogens is 4. The molecule has 8 heteroatoms. The topological polar surface area (TPSA) is 90.1 Å². The average Bonchev–Trinajstić information content (AvgIpc) is 2.86. The summed E-state index contributed by atoms with van der Waals surface area (Å²) in [5.74, 6) is -0.989. The van der Waals surface area contributed by atoms with Crippen molar-refractivity contribution >= 4 is 17.7 Å². The van der Waals surface area contributed by atoms with Crippen LogP contribution in [-0.4, -0.2) is 44.1 Å². The minimum atomic E-state index is -0.907. The lowest BCUT2D eigenvalue weighted by Crippen LogP contribution is -2.03. The molecule has 0 amide bonds. The second kappa shape index (κ2) is 6.30. The molecule has 0 atom stereocenters. The van der Waals surface area contributed by atoms with Gasteiger partial charge in [-0.05, 0) is 28.1 Å². The lowest BCUT2D eigenvalue weighted by molar-refractivity contribution is -0.133. The first-order chi connectivity index (χ1) is 9.20. The van der Waals surface area contributed by atoms with Crippen LogP contribution < -0.4 is 0 Å². The molecule has 1 aromatic heterocycles. The molecule has 0 aliphatic rings. The summed E-state index contributed by atoms with van der Waals surface area (Å²) in [6.45, 7) is 0.538. The number of hydrogen-bond acceptors (Lipinski definition) is 6. The van der Waals surface area contributed by atoms with Gasteiger partial charge in [0.15, 0.2) is 0 Å². The number of rotatable bonds is 6. The van der Waals surface area contributed by atoms with E-state index in [1.165, 1.54) is 4.68 Å². The summed E-state index contributed by atoms with van der Waals surface area (Å²) in [5.41, 5.74) is 1.82. The zero-order valence-corrected chi connectivity index (χ0v) is 11.0. The normalized spacial score (nSPS) is 10.6. The number of aliphatic carboxylic acids is 1. The number of tetrazole rings is 1. The summed E-state index contributed by atoms with van der Waals surface area (Å²) in [5, 5.41) is 20.3. The van der Waals surface area contributed by atoms with Gasteiger partial charge in [0.25, 0.3) is 0 Å². The SMILES string of the molecule is COCc1ccc(-n2nnnc2SCC(=O)O)cc1. The van der Waals surface area contributed by atoms with Gasteiger partial charge in [-0.25, -0.2) is 0 Å². The third kappa shape index (κ3) is 3.52. The summed E-state index contributed by atoms with van der Waals surface area (Å²) in [6, 6.07) is 7.53. The van der Waals surface area contributed by atoms with Crippen molar-refractivity contribution in [3.05, 3.63) is 29.8 Å². The molecule has 0 radical (unpaired) electrons. The van der Waals surface area contributed by atoms with Crippen molar-refractivity contribution in [1.29, 1.82) is 0 Å². The number of ether oxygens (including phenoxy) is 1. The Balaban J connectivity index is 2.17. The van der Waals surface area contributed by atoms with Crippen molar-refractivity contribution < 1.29 is 14.6 Å². The van der Waals surface area contributed by atoms with E-state index in [1.54, 1.807) is 7.11 Å². The van der Waals surface area contributed by atoms with E-state index in [1.807, 2.05) is 24.3 Å². The molecule has 7 nitrogen and oxygen atoms in total. The molecule has 0 aliphatic carbocycles. The molecule has 100 valence electrons. The molecule has 1 heterocycles. The molecule has 0 saturated heterocycles. The van der Waals surface area contributed by atoms with Crippen molar-refractivity contribution in [3.63, 3.8) is 0 Å². The smallest absolute Gasteiger partial charge is 0.313 e. The van der Waals surface area contributed by atoms with Gasteiger partial charge in [0, 0.05) is 7.11 Å². The fourth-order valence-electron chi connectivity index (χ4n) is 1.46. The zero-order valence-electron chi connectivity index (χ0n) is 10.2. The Morgan fingerprint density at radius 2 is 2.16 bits per heavy atom. The van der Waals surface area contributed by atoms with Gasteiger partial charge in [-0.15, -0.1) is 5.10 Å². The Bertz CT molecular complexity index is 555. The van der Waals surface area contributed by atoms with Gasteiger partial charge >= 0.3 is 5.97 Å². The highest BCUT2D eigenvalue weighted by atomic mass is 32.2. The van der Waals surface area contributed by atoms with E-state index in [2.05, 4.69) is 15.5 Å². The third-order valence-corrected chi connectivity index (χ3v) is 3.16. The second-order valence-corrected chi connectivity index (χ2v) is 4.60. The van der Waals surface area contributed by atoms with Crippen LogP contribution in [0.3, 0.4) is 0 Å². The molecule has 0 spiro atoms. The predicted molar refractivity (Wildman–Crippen MR) is 68.2 cm³/mol. The molecule has 0 unspecified atom stereocenters. The molecule has 0 aliphatic heterocycles. The van der Waals surface area contributed by atoms with Crippen LogP contribution in [0, 0.1) is 0 Å². The monoisotopic (exact) mass is 280 g/mol. The average molecular weight is 280 g/mol. The van der Waals surface area contributed by atoms with Crippen molar-refractivity contribution in [1.82, 2.24) is 20.2 Å². The molecule has 0 bridgehead atoms. The van der Waals surface area contributed by atoms with Crippen LogP contribution >= 0.6 is 11.8 Å². The minimum absolute atomic E-state index is 0.0812. The van der Waals surface area contributed by atoms with E-state index in [4.69, 9.17) is 9.84 Å². The first-order valence-electron chi connectivity index (χ1n) is 5.42. The van der Waals surface area contributed by atoms with Gasteiger partial charge in [-0.1, -0.05) is 23.9 Å². The molecule has 19 heavy (non-hydrogen) atoms. The van der Waals surface area contributed by atoms with Crippen LogP contribution in [0.1, 0.15) is 5.56 Å². The molecule has 1 N–H and O–H groups in total. The standard InChI is InChI=1S/C11H12N4O3S/c1-18-6-8-2-4-9(5-3-8)15-11(12-13-14-15)19-7-10(16)17/h2-5H,6-7H2,1H3,(H,16,17). The number of carboxylic acid groups (broad SMARTS) is 1. The number of nitrogens with zero attached hydrogens (tertiary/aromatic N) is 4. The molecular weight excluding hydrogens is 268 g/mol. The predicted octanol–water partition coefficient (Wildman–Crippen LogP) is 0.985. The van der Waals surface area contributed by atoms with Crippen LogP contribution in [0.2, 0.25) is 0 Å². The highest BCUT2D eigenvalue weighted by Gasteiger charge is 2.10. The largest absolute Gasteiger partial charge is 0.481 e. The van der Waals surface area contributed by atoms with E-state index in [9.17, 15) is 4.79 Å². The minimum Gasteiger partial charge on any atom is -0.481 e. The van der Waals surface area contributed by atoms with Gasteiger partial charge in [0.05, 0.1) is 18.0 Å². The lowest BCUT2D eigenvalue weighted by atomic mass is 10.2. The summed E-state index contributed by atoms with van der Waals surface area (Å²) in [6.07, 6.45) is 0. The highest BCUT2D eigenvalue weighted by molar-refractivity contribution is 7.99. The van der Waals surface area contributed by atoms with E-state index < -0.39 is 5.97 Å². The fourth-order valence-corrected chi connectivity index (χ4v) is 2.07. The third-order valence-electron chi connectivity index (χ3n) is 2.26. The lowest BCUT2D eigenvalue weighted by Gasteiger charge is -2.04. The quantitative estimate of drug-likeness (QED) is 0.789. The molecule has 0 saturated carbocycles. The first kappa shape index (κ1) is 13.5. The van der Waals surface area contributed by atoms with E-state index >= 15 is 0 Å². The van der Waals surface area contributed by atoms with Gasteiger partial charge in [0.1, 0.15) is 0 Å². The number of thioether (sulfide) groups is 1.